The highest BCUT2D eigenvalue weighted by Gasteiger charge is 2.37. The molecule has 16 heavy (non-hydrogen) atoms. The fourth-order valence-electron chi connectivity index (χ4n) is 1.63. The van der Waals surface area contributed by atoms with E-state index in [-0.39, 0.29) is 6.04 Å². The molecule has 1 rings (SSSR count). The van der Waals surface area contributed by atoms with Crippen molar-refractivity contribution in [2.75, 3.05) is 26.2 Å². The average molecular weight is 236 g/mol. The largest absolute Gasteiger partial charge is 0.401 e. The standard InChI is InChI=1S/C11H19F3N2/c1-3-15-6-9(2)7-16(10-4-5-10)8-11(12,13)14/h10,15H,2-8H2,1H3. The van der Waals surface area contributed by atoms with Gasteiger partial charge in [-0.05, 0) is 25.0 Å². The first-order valence-electron chi connectivity index (χ1n) is 5.60. The van der Waals surface area contributed by atoms with Crippen molar-refractivity contribution in [1.29, 1.82) is 0 Å². The van der Waals surface area contributed by atoms with Crippen molar-refractivity contribution in [2.45, 2.75) is 32.0 Å². The van der Waals surface area contributed by atoms with Gasteiger partial charge in [0.05, 0.1) is 6.54 Å². The summed E-state index contributed by atoms with van der Waals surface area (Å²) in [5, 5.41) is 3.07. The summed E-state index contributed by atoms with van der Waals surface area (Å²) < 4.78 is 36.9. The number of likely N-dealkylation sites (N-methyl/N-ethyl adjacent to an activating group) is 1. The molecule has 0 aromatic rings. The molecule has 0 saturated heterocycles. The van der Waals surface area contributed by atoms with Crippen LogP contribution >= 0.6 is 0 Å². The van der Waals surface area contributed by atoms with E-state index in [0.29, 0.717) is 13.1 Å². The van der Waals surface area contributed by atoms with Gasteiger partial charge in [0.15, 0.2) is 0 Å². The highest BCUT2D eigenvalue weighted by Crippen LogP contribution is 2.30. The molecule has 0 aliphatic heterocycles. The van der Waals surface area contributed by atoms with E-state index in [4.69, 9.17) is 0 Å². The minimum Gasteiger partial charge on any atom is -0.313 e. The lowest BCUT2D eigenvalue weighted by atomic mass is 10.2. The first-order chi connectivity index (χ1) is 7.42. The van der Waals surface area contributed by atoms with Crippen LogP contribution in [-0.2, 0) is 0 Å². The zero-order valence-corrected chi connectivity index (χ0v) is 9.61. The summed E-state index contributed by atoms with van der Waals surface area (Å²) in [7, 11) is 0. The molecule has 0 unspecified atom stereocenters. The maximum Gasteiger partial charge on any atom is 0.401 e. The number of hydrogen-bond donors (Lipinski definition) is 1. The van der Waals surface area contributed by atoms with Crippen molar-refractivity contribution in [3.8, 4) is 0 Å². The second kappa shape index (κ2) is 5.68. The number of alkyl halides is 3. The summed E-state index contributed by atoms with van der Waals surface area (Å²) in [6.07, 6.45) is -2.35. The Morgan fingerprint density at radius 1 is 1.44 bits per heavy atom. The second-order valence-corrected chi connectivity index (χ2v) is 4.28. The summed E-state index contributed by atoms with van der Waals surface area (Å²) in [6, 6.07) is 0.111. The van der Waals surface area contributed by atoms with Gasteiger partial charge in [0.1, 0.15) is 0 Å². The molecule has 2 nitrogen and oxygen atoms in total. The summed E-state index contributed by atoms with van der Waals surface area (Å²) in [5.74, 6) is 0. The van der Waals surface area contributed by atoms with E-state index in [1.165, 1.54) is 4.90 Å². The third-order valence-electron chi connectivity index (χ3n) is 2.50. The molecular weight excluding hydrogens is 217 g/mol. The lowest BCUT2D eigenvalue weighted by Crippen LogP contribution is -2.38. The maximum atomic E-state index is 12.3. The van der Waals surface area contributed by atoms with Gasteiger partial charge in [0, 0.05) is 19.1 Å². The minimum absolute atomic E-state index is 0.111. The Hall–Kier alpha value is -0.550. The molecule has 0 heterocycles. The van der Waals surface area contributed by atoms with Crippen molar-refractivity contribution < 1.29 is 13.2 Å². The summed E-state index contributed by atoms with van der Waals surface area (Å²) >= 11 is 0. The van der Waals surface area contributed by atoms with Crippen molar-refractivity contribution in [3.63, 3.8) is 0 Å². The molecule has 1 aliphatic carbocycles. The fraction of sp³-hybridized carbons (Fsp3) is 0.818. The van der Waals surface area contributed by atoms with Crippen LogP contribution < -0.4 is 5.32 Å². The van der Waals surface area contributed by atoms with E-state index in [9.17, 15) is 13.2 Å². The van der Waals surface area contributed by atoms with Crippen LogP contribution in [0.15, 0.2) is 12.2 Å². The number of rotatable bonds is 7. The lowest BCUT2D eigenvalue weighted by Gasteiger charge is -2.24. The van der Waals surface area contributed by atoms with E-state index in [1.54, 1.807) is 0 Å². The number of nitrogens with zero attached hydrogens (tertiary/aromatic N) is 1. The van der Waals surface area contributed by atoms with Gasteiger partial charge < -0.3 is 5.32 Å². The topological polar surface area (TPSA) is 15.3 Å². The van der Waals surface area contributed by atoms with Gasteiger partial charge in [-0.25, -0.2) is 0 Å². The SMILES string of the molecule is C=C(CNCC)CN(CC(F)(F)F)C1CC1. The molecule has 0 radical (unpaired) electrons. The molecule has 1 fully saturated rings. The van der Waals surface area contributed by atoms with Crippen LogP contribution in [0.1, 0.15) is 19.8 Å². The molecule has 0 atom stereocenters. The molecule has 0 spiro atoms. The van der Waals surface area contributed by atoms with Crippen LogP contribution in [0.5, 0.6) is 0 Å². The zero-order valence-electron chi connectivity index (χ0n) is 9.61. The van der Waals surface area contributed by atoms with Crippen LogP contribution in [0.25, 0.3) is 0 Å². The quantitative estimate of drug-likeness (QED) is 0.682. The molecule has 0 bridgehead atoms. The summed E-state index contributed by atoms with van der Waals surface area (Å²) in [6.45, 7) is 6.69. The van der Waals surface area contributed by atoms with E-state index >= 15 is 0 Å². The highest BCUT2D eigenvalue weighted by molar-refractivity contribution is 5.02. The van der Waals surface area contributed by atoms with Crippen molar-refractivity contribution in [2.24, 2.45) is 0 Å². The lowest BCUT2D eigenvalue weighted by molar-refractivity contribution is -0.146. The van der Waals surface area contributed by atoms with Crippen LogP contribution in [0.2, 0.25) is 0 Å². The fourth-order valence-corrected chi connectivity index (χ4v) is 1.63. The Kier molecular flexibility index (Phi) is 4.80. The Morgan fingerprint density at radius 3 is 2.50 bits per heavy atom. The van der Waals surface area contributed by atoms with Gasteiger partial charge >= 0.3 is 6.18 Å². The third kappa shape index (κ3) is 5.51. The van der Waals surface area contributed by atoms with Crippen LogP contribution in [0, 0.1) is 0 Å². The van der Waals surface area contributed by atoms with Crippen LogP contribution in [0.4, 0.5) is 13.2 Å². The molecule has 1 saturated carbocycles. The third-order valence-corrected chi connectivity index (χ3v) is 2.50. The molecule has 94 valence electrons. The summed E-state index contributed by atoms with van der Waals surface area (Å²) in [5.41, 5.74) is 0.818. The van der Waals surface area contributed by atoms with E-state index in [2.05, 4.69) is 11.9 Å². The Labute approximate surface area is 94.5 Å². The minimum atomic E-state index is -4.11. The molecule has 1 aliphatic rings. The van der Waals surface area contributed by atoms with Crippen LogP contribution in [-0.4, -0.2) is 43.3 Å². The number of hydrogen-bond acceptors (Lipinski definition) is 2. The van der Waals surface area contributed by atoms with Gasteiger partial charge in [-0.1, -0.05) is 13.5 Å². The van der Waals surface area contributed by atoms with E-state index in [0.717, 1.165) is 25.0 Å². The van der Waals surface area contributed by atoms with Gasteiger partial charge in [-0.15, -0.1) is 0 Å². The molecular formula is C11H19F3N2. The second-order valence-electron chi connectivity index (χ2n) is 4.28. The number of halogens is 3. The predicted molar refractivity (Wildman–Crippen MR) is 58.3 cm³/mol. The van der Waals surface area contributed by atoms with Crippen molar-refractivity contribution in [1.82, 2.24) is 10.2 Å². The molecule has 5 heteroatoms. The number of nitrogens with one attached hydrogen (secondary N) is 1. The molecule has 0 aromatic heterocycles. The monoisotopic (exact) mass is 236 g/mol. The van der Waals surface area contributed by atoms with E-state index in [1.807, 2.05) is 6.92 Å². The Bertz CT molecular complexity index is 234. The Morgan fingerprint density at radius 2 is 2.06 bits per heavy atom. The van der Waals surface area contributed by atoms with Gasteiger partial charge in [0.2, 0.25) is 0 Å². The zero-order chi connectivity index (χ0) is 12.2. The molecule has 0 aromatic carbocycles. The first kappa shape index (κ1) is 13.5. The molecule has 0 amide bonds. The van der Waals surface area contributed by atoms with Gasteiger partial charge in [-0.3, -0.25) is 4.90 Å². The van der Waals surface area contributed by atoms with Crippen molar-refractivity contribution >= 4 is 0 Å². The normalized spacial score (nSPS) is 16.8. The predicted octanol–water partition coefficient (Wildman–Crippen LogP) is 2.18. The molecule has 1 N–H and O–H groups in total. The van der Waals surface area contributed by atoms with E-state index < -0.39 is 12.7 Å². The highest BCUT2D eigenvalue weighted by atomic mass is 19.4. The smallest absolute Gasteiger partial charge is 0.313 e. The van der Waals surface area contributed by atoms with Crippen molar-refractivity contribution in [3.05, 3.63) is 12.2 Å². The summed E-state index contributed by atoms with van der Waals surface area (Å²) in [4.78, 5) is 1.49. The maximum absolute atomic E-state index is 12.3. The van der Waals surface area contributed by atoms with Gasteiger partial charge in [-0.2, -0.15) is 13.2 Å². The first-order valence-corrected chi connectivity index (χ1v) is 5.60. The van der Waals surface area contributed by atoms with Gasteiger partial charge in [0.25, 0.3) is 0 Å². The van der Waals surface area contributed by atoms with Crippen LogP contribution in [0.3, 0.4) is 0 Å². The Balaban J connectivity index is 2.36. The average Bonchev–Trinajstić information content (AvgIpc) is 2.94.